The minimum atomic E-state index is -0.123. The highest BCUT2D eigenvalue weighted by molar-refractivity contribution is 5.95. The summed E-state index contributed by atoms with van der Waals surface area (Å²) in [5.41, 5.74) is 3.18. The predicted molar refractivity (Wildman–Crippen MR) is 91.0 cm³/mol. The first-order valence-corrected chi connectivity index (χ1v) is 8.19. The Balaban J connectivity index is 2.81. The van der Waals surface area contributed by atoms with Crippen LogP contribution in [0.3, 0.4) is 0 Å². The van der Waals surface area contributed by atoms with Gasteiger partial charge in [-0.15, -0.1) is 0 Å². The summed E-state index contributed by atoms with van der Waals surface area (Å²) in [6.45, 7) is 8.50. The molecule has 4 nitrogen and oxygen atoms in total. The zero-order valence-corrected chi connectivity index (χ0v) is 14.2. The van der Waals surface area contributed by atoms with Crippen molar-refractivity contribution in [1.82, 2.24) is 4.90 Å². The van der Waals surface area contributed by atoms with Crippen molar-refractivity contribution in [3.63, 3.8) is 0 Å². The molecular formula is C18H28N2O2. The number of anilines is 1. The van der Waals surface area contributed by atoms with E-state index in [1.165, 1.54) is 6.92 Å². The molecule has 0 radical (unpaired) electrons. The molecule has 0 spiro atoms. The highest BCUT2D eigenvalue weighted by atomic mass is 16.2. The minimum absolute atomic E-state index is 0.0527. The lowest BCUT2D eigenvalue weighted by molar-refractivity contribution is -0.132. The molecule has 1 N–H and O–H groups in total. The van der Waals surface area contributed by atoms with Crippen molar-refractivity contribution in [1.29, 1.82) is 0 Å². The maximum atomic E-state index is 12.3. The molecule has 0 fully saturated rings. The van der Waals surface area contributed by atoms with Crippen LogP contribution in [0.25, 0.3) is 0 Å². The standard InChI is InChI=1S/C18H28N2O2/c1-5-8-12-20(14(4)21)13-17(22)19-18-15(6-2)10-9-11-16(18)7-3/h9-11H,5-8,12-13H2,1-4H3,(H,19,22). The minimum Gasteiger partial charge on any atom is -0.334 e. The maximum absolute atomic E-state index is 12.3. The quantitative estimate of drug-likeness (QED) is 0.800. The smallest absolute Gasteiger partial charge is 0.244 e. The van der Waals surface area contributed by atoms with Crippen molar-refractivity contribution in [3.8, 4) is 0 Å². The van der Waals surface area contributed by atoms with Gasteiger partial charge in [0, 0.05) is 19.2 Å². The molecule has 1 aromatic carbocycles. The molecule has 0 saturated carbocycles. The number of amides is 2. The van der Waals surface area contributed by atoms with Crippen molar-refractivity contribution >= 4 is 17.5 Å². The van der Waals surface area contributed by atoms with Gasteiger partial charge in [-0.25, -0.2) is 0 Å². The van der Waals surface area contributed by atoms with E-state index in [0.29, 0.717) is 6.54 Å². The number of para-hydroxylation sites is 1. The first kappa shape index (κ1) is 18.2. The third kappa shape index (κ3) is 5.17. The Morgan fingerprint density at radius 1 is 1.09 bits per heavy atom. The summed E-state index contributed by atoms with van der Waals surface area (Å²) in [5.74, 6) is -0.176. The number of carbonyl (C=O) groups is 2. The normalized spacial score (nSPS) is 10.4. The lowest BCUT2D eigenvalue weighted by Crippen LogP contribution is -2.37. The number of hydrogen-bond donors (Lipinski definition) is 1. The second-order valence-electron chi connectivity index (χ2n) is 5.50. The first-order chi connectivity index (χ1) is 10.5. The van der Waals surface area contributed by atoms with Crippen molar-refractivity contribution < 1.29 is 9.59 Å². The van der Waals surface area contributed by atoms with E-state index < -0.39 is 0 Å². The van der Waals surface area contributed by atoms with E-state index in [1.54, 1.807) is 4.90 Å². The van der Waals surface area contributed by atoms with Crippen LogP contribution in [0.5, 0.6) is 0 Å². The van der Waals surface area contributed by atoms with Gasteiger partial charge in [0.2, 0.25) is 11.8 Å². The van der Waals surface area contributed by atoms with Gasteiger partial charge in [-0.2, -0.15) is 0 Å². The fourth-order valence-corrected chi connectivity index (χ4v) is 2.45. The van der Waals surface area contributed by atoms with Gasteiger partial charge in [0.1, 0.15) is 0 Å². The van der Waals surface area contributed by atoms with E-state index in [2.05, 4.69) is 26.1 Å². The molecule has 4 heteroatoms. The van der Waals surface area contributed by atoms with E-state index in [-0.39, 0.29) is 18.4 Å². The molecule has 22 heavy (non-hydrogen) atoms. The SMILES string of the molecule is CCCCN(CC(=O)Nc1c(CC)cccc1CC)C(C)=O. The first-order valence-electron chi connectivity index (χ1n) is 8.19. The molecule has 0 aliphatic rings. The topological polar surface area (TPSA) is 49.4 Å². The third-order valence-electron chi connectivity index (χ3n) is 3.82. The molecule has 2 amide bonds. The molecular weight excluding hydrogens is 276 g/mol. The molecule has 122 valence electrons. The van der Waals surface area contributed by atoms with E-state index in [4.69, 9.17) is 0 Å². The molecule has 0 atom stereocenters. The van der Waals surface area contributed by atoms with Crippen molar-refractivity contribution in [3.05, 3.63) is 29.3 Å². The van der Waals surface area contributed by atoms with Gasteiger partial charge < -0.3 is 10.2 Å². The summed E-state index contributed by atoms with van der Waals surface area (Å²) in [4.78, 5) is 25.6. The lowest BCUT2D eigenvalue weighted by atomic mass is 10.0. The van der Waals surface area contributed by atoms with E-state index in [9.17, 15) is 9.59 Å². The van der Waals surface area contributed by atoms with Gasteiger partial charge in [0.15, 0.2) is 0 Å². The largest absolute Gasteiger partial charge is 0.334 e. The Labute approximate surface area is 133 Å². The van der Waals surface area contributed by atoms with E-state index in [0.717, 1.165) is 42.5 Å². The molecule has 0 aromatic heterocycles. The second kappa shape index (κ2) is 9.23. The molecule has 1 aromatic rings. The van der Waals surface area contributed by atoms with Crippen LogP contribution < -0.4 is 5.32 Å². The average Bonchev–Trinajstić information content (AvgIpc) is 2.51. The summed E-state index contributed by atoms with van der Waals surface area (Å²) in [6.07, 6.45) is 3.66. The monoisotopic (exact) mass is 304 g/mol. The van der Waals surface area contributed by atoms with Crippen molar-refractivity contribution in [2.45, 2.75) is 53.4 Å². The third-order valence-corrected chi connectivity index (χ3v) is 3.82. The number of nitrogens with zero attached hydrogens (tertiary/aromatic N) is 1. The van der Waals surface area contributed by atoms with E-state index in [1.807, 2.05) is 18.2 Å². The number of rotatable bonds is 8. The van der Waals surface area contributed by atoms with Gasteiger partial charge in [0.25, 0.3) is 0 Å². The van der Waals surface area contributed by atoms with Gasteiger partial charge in [-0.05, 0) is 30.4 Å². The Morgan fingerprint density at radius 3 is 2.14 bits per heavy atom. The number of aryl methyl sites for hydroxylation is 2. The molecule has 0 saturated heterocycles. The second-order valence-corrected chi connectivity index (χ2v) is 5.50. The zero-order valence-electron chi connectivity index (χ0n) is 14.2. The van der Waals surface area contributed by atoms with Crippen LogP contribution in [0.15, 0.2) is 18.2 Å². The van der Waals surface area contributed by atoms with Crippen molar-refractivity contribution in [2.75, 3.05) is 18.4 Å². The molecule has 0 aliphatic heterocycles. The van der Waals surface area contributed by atoms with Crippen LogP contribution in [0.2, 0.25) is 0 Å². The number of nitrogens with one attached hydrogen (secondary N) is 1. The average molecular weight is 304 g/mol. The van der Waals surface area contributed by atoms with Gasteiger partial charge in [0.05, 0.1) is 6.54 Å². The van der Waals surface area contributed by atoms with Gasteiger partial charge in [-0.3, -0.25) is 9.59 Å². The highest BCUT2D eigenvalue weighted by Crippen LogP contribution is 2.22. The number of unbranched alkanes of at least 4 members (excludes halogenated alkanes) is 1. The molecule has 1 rings (SSSR count). The van der Waals surface area contributed by atoms with Crippen LogP contribution in [0.4, 0.5) is 5.69 Å². The van der Waals surface area contributed by atoms with Gasteiger partial charge >= 0.3 is 0 Å². The van der Waals surface area contributed by atoms with E-state index >= 15 is 0 Å². The Morgan fingerprint density at radius 2 is 1.68 bits per heavy atom. The van der Waals surface area contributed by atoms with Crippen LogP contribution in [-0.2, 0) is 22.4 Å². The molecule has 0 heterocycles. The molecule has 0 aliphatic carbocycles. The fraction of sp³-hybridized carbons (Fsp3) is 0.556. The summed E-state index contributed by atoms with van der Waals surface area (Å²) in [7, 11) is 0. The Kier molecular flexibility index (Phi) is 7.64. The van der Waals surface area contributed by atoms with Crippen LogP contribution in [0, 0.1) is 0 Å². The van der Waals surface area contributed by atoms with Crippen LogP contribution in [-0.4, -0.2) is 29.8 Å². The Bertz CT molecular complexity index is 490. The number of hydrogen-bond acceptors (Lipinski definition) is 2. The summed E-state index contributed by atoms with van der Waals surface area (Å²) >= 11 is 0. The predicted octanol–water partition coefficient (Wildman–Crippen LogP) is 3.40. The van der Waals surface area contributed by atoms with Crippen LogP contribution >= 0.6 is 0 Å². The lowest BCUT2D eigenvalue weighted by Gasteiger charge is -2.21. The summed E-state index contributed by atoms with van der Waals surface area (Å²) < 4.78 is 0. The summed E-state index contributed by atoms with van der Waals surface area (Å²) in [5, 5.41) is 3.01. The molecule has 0 unspecified atom stereocenters. The zero-order chi connectivity index (χ0) is 16.5. The molecule has 0 bridgehead atoms. The Hall–Kier alpha value is -1.84. The number of carbonyl (C=O) groups excluding carboxylic acids is 2. The number of benzene rings is 1. The maximum Gasteiger partial charge on any atom is 0.244 e. The van der Waals surface area contributed by atoms with Gasteiger partial charge in [-0.1, -0.05) is 45.4 Å². The highest BCUT2D eigenvalue weighted by Gasteiger charge is 2.15. The fourth-order valence-electron chi connectivity index (χ4n) is 2.45. The van der Waals surface area contributed by atoms with Crippen molar-refractivity contribution in [2.24, 2.45) is 0 Å². The van der Waals surface area contributed by atoms with Crippen LogP contribution in [0.1, 0.15) is 51.7 Å². The summed E-state index contributed by atoms with van der Waals surface area (Å²) in [6, 6.07) is 6.10.